The summed E-state index contributed by atoms with van der Waals surface area (Å²) in [4.78, 5) is 12.8. The van der Waals surface area contributed by atoms with Crippen LogP contribution in [-0.2, 0) is 4.79 Å². The highest BCUT2D eigenvalue weighted by atomic mass is 32.1. The highest BCUT2D eigenvalue weighted by Gasteiger charge is 2.21. The van der Waals surface area contributed by atoms with Crippen molar-refractivity contribution in [2.24, 2.45) is 5.73 Å². The van der Waals surface area contributed by atoms with Crippen LogP contribution in [0.5, 0.6) is 0 Å². The van der Waals surface area contributed by atoms with Crippen LogP contribution < -0.4 is 5.73 Å². The van der Waals surface area contributed by atoms with Gasteiger partial charge in [0.25, 0.3) is 0 Å². The van der Waals surface area contributed by atoms with Gasteiger partial charge in [0, 0.05) is 9.75 Å². The molecule has 0 bridgehead atoms. The van der Waals surface area contributed by atoms with E-state index in [-0.39, 0.29) is 0 Å². The van der Waals surface area contributed by atoms with Crippen LogP contribution in [0.15, 0.2) is 12.1 Å². The lowest BCUT2D eigenvalue weighted by atomic mass is 10.1. The fourth-order valence-electron chi connectivity index (χ4n) is 2.09. The molecule has 1 aromatic heterocycles. The third-order valence-corrected chi connectivity index (χ3v) is 4.31. The van der Waals surface area contributed by atoms with Crippen LogP contribution >= 0.6 is 11.3 Å². The van der Waals surface area contributed by atoms with E-state index < -0.39 is 12.0 Å². The van der Waals surface area contributed by atoms with Gasteiger partial charge >= 0.3 is 5.97 Å². The van der Waals surface area contributed by atoms with E-state index in [0.29, 0.717) is 5.92 Å². The van der Waals surface area contributed by atoms with Crippen LogP contribution in [0, 0.1) is 0 Å². The summed E-state index contributed by atoms with van der Waals surface area (Å²) < 4.78 is 0. The fourth-order valence-corrected chi connectivity index (χ4v) is 3.26. The Bertz CT molecular complexity index is 355. The van der Waals surface area contributed by atoms with E-state index in [9.17, 15) is 4.79 Å². The smallest absolute Gasteiger partial charge is 0.325 e. The number of aliphatic carboxylic acids is 1. The van der Waals surface area contributed by atoms with Crippen LogP contribution in [0.4, 0.5) is 0 Å². The van der Waals surface area contributed by atoms with E-state index in [4.69, 9.17) is 10.8 Å². The van der Waals surface area contributed by atoms with Crippen LogP contribution in [-0.4, -0.2) is 11.1 Å². The first-order valence-electron chi connectivity index (χ1n) is 5.26. The summed E-state index contributed by atoms with van der Waals surface area (Å²) in [5.74, 6) is -0.306. The van der Waals surface area contributed by atoms with Gasteiger partial charge in [-0.05, 0) is 30.9 Å². The van der Waals surface area contributed by atoms with E-state index >= 15 is 0 Å². The summed E-state index contributed by atoms with van der Waals surface area (Å²) in [6.45, 7) is 0. The number of hydrogen-bond acceptors (Lipinski definition) is 3. The molecule has 1 aliphatic rings. The fraction of sp³-hybridized carbons (Fsp3) is 0.545. The molecule has 0 aromatic carbocycles. The number of thiophene rings is 1. The summed E-state index contributed by atoms with van der Waals surface area (Å²) in [6.07, 6.45) is 5.07. The molecule has 1 heterocycles. The van der Waals surface area contributed by atoms with E-state index in [1.54, 1.807) is 11.3 Å². The molecule has 82 valence electrons. The molecule has 3 nitrogen and oxygen atoms in total. The molecule has 0 saturated heterocycles. The second-order valence-electron chi connectivity index (χ2n) is 4.04. The number of carboxylic acids is 1. The maximum Gasteiger partial charge on any atom is 0.325 e. The van der Waals surface area contributed by atoms with Gasteiger partial charge in [0.05, 0.1) is 0 Å². The van der Waals surface area contributed by atoms with Crippen molar-refractivity contribution < 1.29 is 9.90 Å². The summed E-state index contributed by atoms with van der Waals surface area (Å²) in [5, 5.41) is 8.79. The topological polar surface area (TPSA) is 63.3 Å². The molecule has 0 aliphatic heterocycles. The lowest BCUT2D eigenvalue weighted by Crippen LogP contribution is -2.19. The first kappa shape index (κ1) is 10.6. The predicted octanol–water partition coefficient (Wildman–Crippen LogP) is 2.49. The van der Waals surface area contributed by atoms with Crippen LogP contribution in [0.2, 0.25) is 0 Å². The van der Waals surface area contributed by atoms with Gasteiger partial charge in [-0.3, -0.25) is 4.79 Å². The van der Waals surface area contributed by atoms with Crippen molar-refractivity contribution >= 4 is 17.3 Å². The normalized spacial score (nSPS) is 19.3. The van der Waals surface area contributed by atoms with E-state index in [0.717, 1.165) is 4.88 Å². The molecular weight excluding hydrogens is 210 g/mol. The average molecular weight is 225 g/mol. The van der Waals surface area contributed by atoms with Crippen molar-refractivity contribution in [2.45, 2.75) is 37.6 Å². The number of nitrogens with two attached hydrogens (primary N) is 1. The van der Waals surface area contributed by atoms with E-state index in [2.05, 4.69) is 0 Å². The second kappa shape index (κ2) is 4.33. The minimum atomic E-state index is -0.949. The monoisotopic (exact) mass is 225 g/mol. The molecule has 1 unspecified atom stereocenters. The number of carbonyl (C=O) groups is 1. The molecule has 15 heavy (non-hydrogen) atoms. The van der Waals surface area contributed by atoms with Crippen molar-refractivity contribution in [2.75, 3.05) is 0 Å². The van der Waals surface area contributed by atoms with Crippen molar-refractivity contribution in [3.8, 4) is 0 Å². The highest BCUT2D eigenvalue weighted by molar-refractivity contribution is 7.12. The molecule has 1 fully saturated rings. The zero-order valence-corrected chi connectivity index (χ0v) is 9.30. The second-order valence-corrected chi connectivity index (χ2v) is 5.18. The Morgan fingerprint density at radius 2 is 2.13 bits per heavy atom. The third kappa shape index (κ3) is 2.21. The zero-order chi connectivity index (χ0) is 10.8. The largest absolute Gasteiger partial charge is 0.480 e. The summed E-state index contributed by atoms with van der Waals surface area (Å²) in [5.41, 5.74) is 5.56. The zero-order valence-electron chi connectivity index (χ0n) is 8.48. The van der Waals surface area contributed by atoms with E-state index in [1.165, 1.54) is 30.6 Å². The maximum absolute atomic E-state index is 10.7. The Morgan fingerprint density at radius 1 is 1.47 bits per heavy atom. The first-order chi connectivity index (χ1) is 7.18. The van der Waals surface area contributed by atoms with Gasteiger partial charge in [-0.2, -0.15) is 0 Å². The number of carboxylic acid groups (broad SMARTS) is 1. The van der Waals surface area contributed by atoms with Gasteiger partial charge in [0.15, 0.2) is 0 Å². The minimum absolute atomic E-state index is 0.643. The molecular formula is C11H15NO2S. The molecule has 0 amide bonds. The van der Waals surface area contributed by atoms with Gasteiger partial charge in [0.2, 0.25) is 0 Å². The molecule has 1 aromatic rings. The average Bonchev–Trinajstić information content (AvgIpc) is 2.86. The van der Waals surface area contributed by atoms with Crippen LogP contribution in [0.25, 0.3) is 0 Å². The number of rotatable bonds is 3. The molecule has 4 heteroatoms. The van der Waals surface area contributed by atoms with Gasteiger partial charge < -0.3 is 10.8 Å². The Morgan fingerprint density at radius 3 is 2.73 bits per heavy atom. The Labute approximate surface area is 92.9 Å². The summed E-state index contributed by atoms with van der Waals surface area (Å²) in [7, 11) is 0. The molecule has 1 atom stereocenters. The van der Waals surface area contributed by atoms with Crippen molar-refractivity contribution in [1.29, 1.82) is 0 Å². The molecule has 1 saturated carbocycles. The lowest BCUT2D eigenvalue weighted by molar-refractivity contribution is -0.138. The highest BCUT2D eigenvalue weighted by Crippen LogP contribution is 2.38. The van der Waals surface area contributed by atoms with Crippen LogP contribution in [0.1, 0.15) is 47.4 Å². The van der Waals surface area contributed by atoms with Crippen LogP contribution in [0.3, 0.4) is 0 Å². The van der Waals surface area contributed by atoms with Crippen molar-refractivity contribution in [3.63, 3.8) is 0 Å². The standard InChI is InChI=1S/C11H15NO2S/c12-10(11(13)14)9-6-5-8(15-9)7-3-1-2-4-7/h5-7,10H,1-4,12H2,(H,13,14). The Balaban J connectivity index is 2.12. The van der Waals surface area contributed by atoms with Gasteiger partial charge in [-0.15, -0.1) is 11.3 Å². The third-order valence-electron chi connectivity index (χ3n) is 2.98. The molecule has 0 radical (unpaired) electrons. The number of hydrogen-bond donors (Lipinski definition) is 2. The molecule has 2 rings (SSSR count). The van der Waals surface area contributed by atoms with Gasteiger partial charge in [0.1, 0.15) is 6.04 Å². The van der Waals surface area contributed by atoms with Crippen molar-refractivity contribution in [1.82, 2.24) is 0 Å². The molecule has 3 N–H and O–H groups in total. The first-order valence-corrected chi connectivity index (χ1v) is 6.08. The quantitative estimate of drug-likeness (QED) is 0.830. The van der Waals surface area contributed by atoms with Crippen molar-refractivity contribution in [3.05, 3.63) is 21.9 Å². The lowest BCUT2D eigenvalue weighted by Gasteiger charge is -2.05. The van der Waals surface area contributed by atoms with E-state index in [1.807, 2.05) is 12.1 Å². The maximum atomic E-state index is 10.7. The SMILES string of the molecule is NC(C(=O)O)c1ccc(C2CCCC2)s1. The van der Waals surface area contributed by atoms with Gasteiger partial charge in [-0.1, -0.05) is 12.8 Å². The predicted molar refractivity (Wildman–Crippen MR) is 60.1 cm³/mol. The van der Waals surface area contributed by atoms with Gasteiger partial charge in [-0.25, -0.2) is 0 Å². The Kier molecular flexibility index (Phi) is 3.07. The Hall–Kier alpha value is -0.870. The minimum Gasteiger partial charge on any atom is -0.480 e. The summed E-state index contributed by atoms with van der Waals surface area (Å²) >= 11 is 1.56. The molecule has 1 aliphatic carbocycles. The molecule has 0 spiro atoms. The summed E-state index contributed by atoms with van der Waals surface area (Å²) in [6, 6.07) is 3.04.